The maximum Gasteiger partial charge on any atom is 0.264 e. The lowest BCUT2D eigenvalue weighted by Gasteiger charge is -2.25. The van der Waals surface area contributed by atoms with Crippen LogP contribution in [0.2, 0.25) is 0 Å². The van der Waals surface area contributed by atoms with E-state index in [9.17, 15) is 9.59 Å². The first-order chi connectivity index (χ1) is 13.5. The molecule has 3 rings (SSSR count). The van der Waals surface area contributed by atoms with Gasteiger partial charge in [-0.3, -0.25) is 9.59 Å². The Balaban J connectivity index is 1.66. The normalized spacial score (nSPS) is 14.4. The second kappa shape index (κ2) is 9.40. The van der Waals surface area contributed by atoms with E-state index in [1.54, 1.807) is 19.2 Å². The molecule has 0 spiro atoms. The molecule has 28 heavy (non-hydrogen) atoms. The summed E-state index contributed by atoms with van der Waals surface area (Å²) in [6, 6.07) is 15.0. The van der Waals surface area contributed by atoms with Gasteiger partial charge in [0.25, 0.3) is 11.8 Å². The number of nitrogens with one attached hydrogen (secondary N) is 1. The Labute approximate surface area is 166 Å². The van der Waals surface area contributed by atoms with Crippen LogP contribution in [0.15, 0.2) is 48.5 Å². The fourth-order valence-electron chi connectivity index (χ4n) is 3.55. The van der Waals surface area contributed by atoms with Crippen molar-refractivity contribution in [1.82, 2.24) is 5.32 Å². The molecule has 0 aromatic heterocycles. The van der Waals surface area contributed by atoms with Crippen LogP contribution in [0.25, 0.3) is 0 Å². The van der Waals surface area contributed by atoms with Gasteiger partial charge >= 0.3 is 0 Å². The number of likely N-dealkylation sites (N-methyl/N-ethyl adjacent to an activating group) is 1. The summed E-state index contributed by atoms with van der Waals surface area (Å²) in [5.74, 6) is 0.325. The first kappa shape index (κ1) is 19.9. The molecule has 0 radical (unpaired) electrons. The second-order valence-corrected chi connectivity index (χ2v) is 7.38. The molecule has 1 aliphatic carbocycles. The Hall–Kier alpha value is -2.82. The topological polar surface area (TPSA) is 58.6 Å². The van der Waals surface area contributed by atoms with E-state index in [-0.39, 0.29) is 24.5 Å². The van der Waals surface area contributed by atoms with Gasteiger partial charge in [0.2, 0.25) is 0 Å². The number of carbonyl (C=O) groups is 2. The fourth-order valence-corrected chi connectivity index (χ4v) is 3.55. The maximum atomic E-state index is 12.8. The number of nitrogens with zero attached hydrogens (tertiary/aromatic N) is 1. The number of anilines is 1. The van der Waals surface area contributed by atoms with Gasteiger partial charge in [0.05, 0.1) is 11.3 Å². The molecule has 5 heteroatoms. The van der Waals surface area contributed by atoms with Gasteiger partial charge in [0, 0.05) is 13.1 Å². The van der Waals surface area contributed by atoms with Crippen LogP contribution < -0.4 is 15.0 Å². The third-order valence-corrected chi connectivity index (χ3v) is 5.18. The zero-order valence-electron chi connectivity index (χ0n) is 16.6. The summed E-state index contributed by atoms with van der Waals surface area (Å²) in [6.45, 7) is 1.89. The summed E-state index contributed by atoms with van der Waals surface area (Å²) < 4.78 is 5.62. The largest absolute Gasteiger partial charge is 0.484 e. The summed E-state index contributed by atoms with van der Waals surface area (Å²) in [5, 5.41) is 3.13. The number of ether oxygens (including phenoxy) is 1. The van der Waals surface area contributed by atoms with Gasteiger partial charge in [-0.1, -0.05) is 43.5 Å². The van der Waals surface area contributed by atoms with Gasteiger partial charge in [-0.2, -0.15) is 0 Å². The average Bonchev–Trinajstić information content (AvgIpc) is 2.72. The van der Waals surface area contributed by atoms with E-state index in [0.29, 0.717) is 17.0 Å². The third kappa shape index (κ3) is 5.12. The Bertz CT molecular complexity index is 828. The number of hydrogen-bond donors (Lipinski definition) is 1. The van der Waals surface area contributed by atoms with Crippen LogP contribution in [-0.2, 0) is 4.79 Å². The first-order valence-corrected chi connectivity index (χ1v) is 9.90. The van der Waals surface area contributed by atoms with E-state index >= 15 is 0 Å². The lowest BCUT2D eigenvalue weighted by Crippen LogP contribution is -2.38. The quantitative estimate of drug-likeness (QED) is 0.821. The molecule has 2 aromatic carbocycles. The van der Waals surface area contributed by atoms with Crippen molar-refractivity contribution in [2.24, 2.45) is 0 Å². The minimum Gasteiger partial charge on any atom is -0.484 e. The van der Waals surface area contributed by atoms with Crippen molar-refractivity contribution in [1.29, 1.82) is 0 Å². The molecule has 148 valence electrons. The Kier molecular flexibility index (Phi) is 6.69. The summed E-state index contributed by atoms with van der Waals surface area (Å²) >= 11 is 0. The van der Waals surface area contributed by atoms with Crippen LogP contribution in [0.1, 0.15) is 48.0 Å². The van der Waals surface area contributed by atoms with E-state index in [1.807, 2.05) is 43.3 Å². The number of rotatable bonds is 6. The molecule has 0 unspecified atom stereocenters. The first-order valence-electron chi connectivity index (χ1n) is 9.90. The average molecular weight is 380 g/mol. The SMILES string of the molecule is Cc1cccc(OCC(=O)N(C)c2ccccc2C(=O)NC2CCCCC2)c1. The summed E-state index contributed by atoms with van der Waals surface area (Å²) in [6.07, 6.45) is 5.59. The van der Waals surface area contributed by atoms with Gasteiger partial charge in [-0.05, 0) is 49.6 Å². The predicted molar refractivity (Wildman–Crippen MR) is 111 cm³/mol. The number of benzene rings is 2. The molecule has 0 atom stereocenters. The predicted octanol–water partition coefficient (Wildman–Crippen LogP) is 4.10. The number of hydrogen-bond acceptors (Lipinski definition) is 3. The van der Waals surface area contributed by atoms with Crippen molar-refractivity contribution in [3.8, 4) is 5.75 Å². The molecular formula is C23H28N2O3. The molecule has 2 amide bonds. The molecule has 1 aliphatic rings. The molecule has 0 aliphatic heterocycles. The minimum atomic E-state index is -0.209. The molecule has 1 N–H and O–H groups in total. The number of carbonyl (C=O) groups excluding carboxylic acids is 2. The van der Waals surface area contributed by atoms with Gasteiger partial charge in [-0.15, -0.1) is 0 Å². The Morgan fingerprint density at radius 2 is 1.82 bits per heavy atom. The standard InChI is InChI=1S/C23H28N2O3/c1-17-9-8-12-19(15-17)28-16-22(26)25(2)21-14-7-6-13-20(21)23(27)24-18-10-4-3-5-11-18/h6-9,12-15,18H,3-5,10-11,16H2,1-2H3,(H,24,27). The van der Waals surface area contributed by atoms with E-state index in [4.69, 9.17) is 4.74 Å². The number of aryl methyl sites for hydroxylation is 1. The van der Waals surface area contributed by atoms with Crippen molar-refractivity contribution in [3.05, 3.63) is 59.7 Å². The van der Waals surface area contributed by atoms with Crippen LogP contribution >= 0.6 is 0 Å². The fraction of sp³-hybridized carbons (Fsp3) is 0.391. The van der Waals surface area contributed by atoms with Crippen LogP contribution in [-0.4, -0.2) is 31.5 Å². The molecule has 1 saturated carbocycles. The lowest BCUT2D eigenvalue weighted by atomic mass is 9.95. The van der Waals surface area contributed by atoms with Crippen molar-refractivity contribution in [2.75, 3.05) is 18.6 Å². The summed E-state index contributed by atoms with van der Waals surface area (Å²) in [7, 11) is 1.68. The number of amides is 2. The zero-order valence-corrected chi connectivity index (χ0v) is 16.6. The highest BCUT2D eigenvalue weighted by Gasteiger charge is 2.21. The van der Waals surface area contributed by atoms with Crippen LogP contribution in [0, 0.1) is 6.92 Å². The van der Waals surface area contributed by atoms with Crippen LogP contribution in [0.3, 0.4) is 0 Å². The van der Waals surface area contributed by atoms with Crippen LogP contribution in [0.5, 0.6) is 5.75 Å². The molecule has 5 nitrogen and oxygen atoms in total. The maximum absolute atomic E-state index is 12.8. The highest BCUT2D eigenvalue weighted by molar-refractivity contribution is 6.05. The number of para-hydroxylation sites is 1. The molecule has 2 aromatic rings. The van der Waals surface area contributed by atoms with Crippen molar-refractivity contribution in [2.45, 2.75) is 45.1 Å². The molecule has 0 bridgehead atoms. The van der Waals surface area contributed by atoms with E-state index in [2.05, 4.69) is 5.32 Å². The molecule has 0 saturated heterocycles. The Morgan fingerprint density at radius 1 is 1.07 bits per heavy atom. The second-order valence-electron chi connectivity index (χ2n) is 7.38. The summed E-state index contributed by atoms with van der Waals surface area (Å²) in [5.41, 5.74) is 2.18. The zero-order chi connectivity index (χ0) is 19.9. The van der Waals surface area contributed by atoms with E-state index in [0.717, 1.165) is 31.2 Å². The monoisotopic (exact) mass is 380 g/mol. The highest BCUT2D eigenvalue weighted by atomic mass is 16.5. The lowest BCUT2D eigenvalue weighted by molar-refractivity contribution is -0.120. The highest BCUT2D eigenvalue weighted by Crippen LogP contribution is 2.22. The third-order valence-electron chi connectivity index (χ3n) is 5.18. The smallest absolute Gasteiger partial charge is 0.264 e. The van der Waals surface area contributed by atoms with Crippen molar-refractivity contribution >= 4 is 17.5 Å². The van der Waals surface area contributed by atoms with Gasteiger partial charge in [0.1, 0.15) is 5.75 Å². The van der Waals surface area contributed by atoms with Crippen molar-refractivity contribution in [3.63, 3.8) is 0 Å². The van der Waals surface area contributed by atoms with Crippen molar-refractivity contribution < 1.29 is 14.3 Å². The van der Waals surface area contributed by atoms with E-state index < -0.39 is 0 Å². The molecule has 1 fully saturated rings. The van der Waals surface area contributed by atoms with Crippen LogP contribution in [0.4, 0.5) is 5.69 Å². The Morgan fingerprint density at radius 3 is 2.57 bits per heavy atom. The van der Waals surface area contributed by atoms with E-state index in [1.165, 1.54) is 11.3 Å². The van der Waals surface area contributed by atoms with Gasteiger partial charge in [0.15, 0.2) is 6.61 Å². The van der Waals surface area contributed by atoms with Gasteiger partial charge < -0.3 is 15.0 Å². The van der Waals surface area contributed by atoms with Gasteiger partial charge in [-0.25, -0.2) is 0 Å². The minimum absolute atomic E-state index is 0.0848. The molecular weight excluding hydrogens is 352 g/mol. The molecule has 0 heterocycles. The summed E-state index contributed by atoms with van der Waals surface area (Å²) in [4.78, 5) is 26.9.